The summed E-state index contributed by atoms with van der Waals surface area (Å²) in [7, 11) is 0. The molecule has 25 heavy (non-hydrogen) atoms. The summed E-state index contributed by atoms with van der Waals surface area (Å²) in [6.45, 7) is 5.61. The van der Waals surface area contributed by atoms with Gasteiger partial charge in [-0.25, -0.2) is 0 Å². The number of piperidine rings is 1. The van der Waals surface area contributed by atoms with Gasteiger partial charge < -0.3 is 4.90 Å². The zero-order valence-corrected chi connectivity index (χ0v) is 15.6. The molecule has 2 nitrogen and oxygen atoms in total. The zero-order chi connectivity index (χ0) is 17.1. The summed E-state index contributed by atoms with van der Waals surface area (Å²) in [4.78, 5) is 2.51. The van der Waals surface area contributed by atoms with Gasteiger partial charge in [0.05, 0.1) is 0 Å². The first-order valence-electron chi connectivity index (χ1n) is 9.29. The van der Waals surface area contributed by atoms with Gasteiger partial charge in [-0.2, -0.15) is 4.57 Å². The van der Waals surface area contributed by atoms with Gasteiger partial charge in [0.1, 0.15) is 11.2 Å². The summed E-state index contributed by atoms with van der Waals surface area (Å²) in [5, 5.41) is 1.31. The Morgan fingerprint density at radius 1 is 0.960 bits per heavy atom. The number of anilines is 1. The van der Waals surface area contributed by atoms with Gasteiger partial charge in [-0.1, -0.05) is 35.6 Å². The van der Waals surface area contributed by atoms with Crippen molar-refractivity contribution in [2.24, 2.45) is 0 Å². The highest BCUT2D eigenvalue weighted by atomic mass is 32.1. The number of thiazole rings is 1. The molecule has 3 aromatic rings. The Balaban J connectivity index is 1.55. The number of aromatic nitrogens is 1. The van der Waals surface area contributed by atoms with Crippen molar-refractivity contribution in [3.8, 4) is 0 Å². The third-order valence-corrected chi connectivity index (χ3v) is 6.12. The first kappa shape index (κ1) is 16.3. The van der Waals surface area contributed by atoms with Gasteiger partial charge in [-0.05, 0) is 56.0 Å². The van der Waals surface area contributed by atoms with E-state index in [1.165, 1.54) is 58.8 Å². The molecule has 4 rings (SSSR count). The fraction of sp³-hybridized carbons (Fsp3) is 0.318. The minimum Gasteiger partial charge on any atom is -0.372 e. The van der Waals surface area contributed by atoms with Crippen LogP contribution in [0.1, 0.15) is 36.8 Å². The van der Waals surface area contributed by atoms with Crippen LogP contribution in [-0.2, 0) is 6.54 Å². The highest BCUT2D eigenvalue weighted by Gasteiger charge is 2.16. The monoisotopic (exact) mass is 349 g/mol. The SMILES string of the molecule is CC[n+]1c(/C=C/c2ccc(N3CCCCC3)cc2)sc2ccccc21. The van der Waals surface area contributed by atoms with E-state index in [0.717, 1.165) is 6.54 Å². The van der Waals surface area contributed by atoms with Crippen LogP contribution in [0.3, 0.4) is 0 Å². The van der Waals surface area contributed by atoms with Gasteiger partial charge in [0.15, 0.2) is 0 Å². The molecule has 0 amide bonds. The number of nitrogens with zero attached hydrogens (tertiary/aromatic N) is 2. The van der Waals surface area contributed by atoms with Crippen LogP contribution in [0.25, 0.3) is 22.4 Å². The quantitative estimate of drug-likeness (QED) is 0.574. The second kappa shape index (κ2) is 7.40. The molecule has 2 heterocycles. The molecular formula is C22H25N2S+. The summed E-state index contributed by atoms with van der Waals surface area (Å²) >= 11 is 1.86. The first-order valence-corrected chi connectivity index (χ1v) is 10.1. The maximum Gasteiger partial charge on any atom is 0.262 e. The molecule has 0 spiro atoms. The van der Waals surface area contributed by atoms with E-state index in [-0.39, 0.29) is 0 Å². The molecule has 0 bridgehead atoms. The number of rotatable bonds is 4. The third kappa shape index (κ3) is 3.47. The van der Waals surface area contributed by atoms with Crippen molar-refractivity contribution in [1.82, 2.24) is 0 Å². The van der Waals surface area contributed by atoms with Gasteiger partial charge in [-0.3, -0.25) is 0 Å². The van der Waals surface area contributed by atoms with E-state index in [1.54, 1.807) is 0 Å². The zero-order valence-electron chi connectivity index (χ0n) is 14.8. The lowest BCUT2D eigenvalue weighted by molar-refractivity contribution is -0.665. The predicted molar refractivity (Wildman–Crippen MR) is 109 cm³/mol. The Morgan fingerprint density at radius 3 is 2.48 bits per heavy atom. The Labute approximate surface area is 154 Å². The molecule has 2 aromatic carbocycles. The molecule has 128 valence electrons. The van der Waals surface area contributed by atoms with Crippen LogP contribution in [0.4, 0.5) is 5.69 Å². The van der Waals surface area contributed by atoms with Crippen LogP contribution in [0.5, 0.6) is 0 Å². The summed E-state index contributed by atoms with van der Waals surface area (Å²) < 4.78 is 3.74. The fourth-order valence-electron chi connectivity index (χ4n) is 3.62. The summed E-state index contributed by atoms with van der Waals surface area (Å²) in [5.41, 5.74) is 3.96. The molecule has 1 aliphatic heterocycles. The van der Waals surface area contributed by atoms with Gasteiger partial charge in [0.2, 0.25) is 5.52 Å². The van der Waals surface area contributed by atoms with E-state index < -0.39 is 0 Å². The molecule has 0 atom stereocenters. The second-order valence-electron chi connectivity index (χ2n) is 6.62. The topological polar surface area (TPSA) is 7.12 Å². The Kier molecular flexibility index (Phi) is 4.84. The van der Waals surface area contributed by atoms with Crippen LogP contribution in [-0.4, -0.2) is 13.1 Å². The van der Waals surface area contributed by atoms with Crippen LogP contribution in [0.15, 0.2) is 48.5 Å². The van der Waals surface area contributed by atoms with Crippen LogP contribution < -0.4 is 9.47 Å². The minimum atomic E-state index is 0.998. The van der Waals surface area contributed by atoms with E-state index in [2.05, 4.69) is 77.1 Å². The summed E-state index contributed by atoms with van der Waals surface area (Å²) in [6.07, 6.45) is 8.51. The number of fused-ring (bicyclic) bond motifs is 1. The molecule has 1 fully saturated rings. The van der Waals surface area contributed by atoms with Crippen molar-refractivity contribution < 1.29 is 4.57 Å². The van der Waals surface area contributed by atoms with Crippen molar-refractivity contribution in [2.45, 2.75) is 32.7 Å². The lowest BCUT2D eigenvalue weighted by Gasteiger charge is -2.28. The fourth-order valence-corrected chi connectivity index (χ4v) is 4.75. The first-order chi connectivity index (χ1) is 12.3. The van der Waals surface area contributed by atoms with E-state index in [1.807, 2.05) is 11.3 Å². The Hall–Kier alpha value is -2.13. The van der Waals surface area contributed by atoms with Crippen LogP contribution in [0, 0.1) is 0 Å². The second-order valence-corrected chi connectivity index (χ2v) is 7.69. The molecule has 0 radical (unpaired) electrons. The highest BCUT2D eigenvalue weighted by Crippen LogP contribution is 2.23. The molecule has 0 N–H and O–H groups in total. The van der Waals surface area contributed by atoms with Crippen molar-refractivity contribution in [1.29, 1.82) is 0 Å². The normalized spacial score (nSPS) is 15.3. The molecular weight excluding hydrogens is 324 g/mol. The lowest BCUT2D eigenvalue weighted by Crippen LogP contribution is -2.33. The van der Waals surface area contributed by atoms with Gasteiger partial charge >= 0.3 is 0 Å². The van der Waals surface area contributed by atoms with E-state index in [0.29, 0.717) is 0 Å². The van der Waals surface area contributed by atoms with Gasteiger partial charge in [-0.15, -0.1) is 0 Å². The van der Waals surface area contributed by atoms with Crippen LogP contribution in [0.2, 0.25) is 0 Å². The van der Waals surface area contributed by atoms with E-state index in [4.69, 9.17) is 0 Å². The average molecular weight is 350 g/mol. The Morgan fingerprint density at radius 2 is 1.72 bits per heavy atom. The lowest BCUT2D eigenvalue weighted by atomic mass is 10.1. The van der Waals surface area contributed by atoms with Crippen molar-refractivity contribution in [3.63, 3.8) is 0 Å². The van der Waals surface area contributed by atoms with E-state index >= 15 is 0 Å². The van der Waals surface area contributed by atoms with Crippen molar-refractivity contribution in [2.75, 3.05) is 18.0 Å². The third-order valence-electron chi connectivity index (χ3n) is 4.99. The molecule has 1 aliphatic rings. The summed E-state index contributed by atoms with van der Waals surface area (Å²) in [5.74, 6) is 0. The standard InChI is InChI=1S/C22H25N2S/c1-2-24-20-8-4-5-9-21(20)25-22(24)15-12-18-10-13-19(14-11-18)23-16-6-3-7-17-23/h4-5,8-15H,2-3,6-7,16-17H2,1H3/q+1. The van der Waals surface area contributed by atoms with Crippen molar-refractivity contribution in [3.05, 3.63) is 59.1 Å². The number of benzene rings is 2. The number of hydrogen-bond donors (Lipinski definition) is 0. The molecule has 0 aliphatic carbocycles. The Bertz CT molecular complexity index is 871. The maximum atomic E-state index is 2.51. The van der Waals surface area contributed by atoms with Gasteiger partial charge in [0.25, 0.3) is 5.01 Å². The van der Waals surface area contributed by atoms with Gasteiger partial charge in [0, 0.05) is 30.9 Å². The average Bonchev–Trinajstić information content (AvgIpc) is 3.05. The number of aryl methyl sites for hydroxylation is 1. The predicted octanol–water partition coefficient (Wildman–Crippen LogP) is 5.37. The minimum absolute atomic E-state index is 0.998. The van der Waals surface area contributed by atoms with Crippen molar-refractivity contribution >= 4 is 39.4 Å². The molecule has 3 heteroatoms. The van der Waals surface area contributed by atoms with E-state index in [9.17, 15) is 0 Å². The smallest absolute Gasteiger partial charge is 0.262 e. The molecule has 0 saturated carbocycles. The molecule has 1 saturated heterocycles. The summed E-state index contributed by atoms with van der Waals surface area (Å²) in [6, 6.07) is 17.7. The van der Waals surface area contributed by atoms with Crippen LogP contribution >= 0.6 is 11.3 Å². The number of hydrogen-bond acceptors (Lipinski definition) is 2. The molecule has 0 unspecified atom stereocenters. The number of para-hydroxylation sites is 1. The highest BCUT2D eigenvalue weighted by molar-refractivity contribution is 7.18. The molecule has 1 aromatic heterocycles. The maximum absolute atomic E-state index is 2.51. The largest absolute Gasteiger partial charge is 0.372 e.